The molecule has 0 aliphatic carbocycles. The van der Waals surface area contributed by atoms with Gasteiger partial charge in [0.1, 0.15) is 0 Å². The molecule has 3 rings (SSSR count). The normalized spacial score (nSPS) is 16.1. The van der Waals surface area contributed by atoms with Gasteiger partial charge in [0.25, 0.3) is 5.91 Å². The van der Waals surface area contributed by atoms with Crippen LogP contribution in [0.3, 0.4) is 0 Å². The van der Waals surface area contributed by atoms with Gasteiger partial charge in [-0.15, -0.1) is 0 Å². The molecule has 2 N–H and O–H groups in total. The molecule has 5 heteroatoms. The summed E-state index contributed by atoms with van der Waals surface area (Å²) in [5.41, 5.74) is 2.77. The number of hydrogen-bond donors (Lipinski definition) is 2. The maximum atomic E-state index is 12.5. The van der Waals surface area contributed by atoms with E-state index >= 15 is 0 Å². The highest BCUT2D eigenvalue weighted by atomic mass is 16.3. The van der Waals surface area contributed by atoms with Gasteiger partial charge in [-0.3, -0.25) is 9.59 Å². The van der Waals surface area contributed by atoms with Crippen LogP contribution in [-0.4, -0.2) is 41.5 Å². The Morgan fingerprint density at radius 2 is 1.65 bits per heavy atom. The molecule has 0 bridgehead atoms. The third kappa shape index (κ3) is 6.17. The van der Waals surface area contributed by atoms with E-state index in [0.29, 0.717) is 25.2 Å². The quantitative estimate of drug-likeness (QED) is 0.737. The molecule has 0 radical (unpaired) electrons. The zero-order chi connectivity index (χ0) is 22.4. The molecule has 1 aliphatic rings. The van der Waals surface area contributed by atoms with Gasteiger partial charge in [-0.1, -0.05) is 63.2 Å². The van der Waals surface area contributed by atoms with Crippen molar-refractivity contribution < 1.29 is 14.7 Å². The largest absolute Gasteiger partial charge is 0.388 e. The molecule has 2 aromatic rings. The van der Waals surface area contributed by atoms with Gasteiger partial charge in [-0.25, -0.2) is 0 Å². The third-order valence-electron chi connectivity index (χ3n) is 6.12. The maximum Gasteiger partial charge on any atom is 0.251 e. The van der Waals surface area contributed by atoms with Crippen molar-refractivity contribution in [1.29, 1.82) is 0 Å². The van der Waals surface area contributed by atoms with E-state index < -0.39 is 6.10 Å². The van der Waals surface area contributed by atoms with Crippen LogP contribution in [0.25, 0.3) is 0 Å². The van der Waals surface area contributed by atoms with Crippen molar-refractivity contribution in [1.82, 2.24) is 10.2 Å². The zero-order valence-corrected chi connectivity index (χ0v) is 18.8. The van der Waals surface area contributed by atoms with Crippen LogP contribution in [0, 0.1) is 5.92 Å². The lowest BCUT2D eigenvalue weighted by atomic mass is 9.87. The number of carbonyl (C=O) groups excluding carboxylic acids is 2. The summed E-state index contributed by atoms with van der Waals surface area (Å²) < 4.78 is 0. The molecule has 1 aliphatic heterocycles. The molecular formula is C26H34N2O3. The van der Waals surface area contributed by atoms with Crippen LogP contribution in [-0.2, 0) is 10.2 Å². The van der Waals surface area contributed by atoms with Crippen LogP contribution in [0.4, 0.5) is 0 Å². The van der Waals surface area contributed by atoms with Crippen molar-refractivity contribution in [3.63, 3.8) is 0 Å². The Morgan fingerprint density at radius 3 is 2.23 bits per heavy atom. The minimum Gasteiger partial charge on any atom is -0.388 e. The number of amides is 2. The molecule has 2 amide bonds. The molecule has 5 nitrogen and oxygen atoms in total. The van der Waals surface area contributed by atoms with Crippen LogP contribution in [0.2, 0.25) is 0 Å². The van der Waals surface area contributed by atoms with Crippen LogP contribution >= 0.6 is 0 Å². The van der Waals surface area contributed by atoms with Gasteiger partial charge < -0.3 is 15.3 Å². The number of hydrogen-bond acceptors (Lipinski definition) is 3. The Kier molecular flexibility index (Phi) is 7.50. The van der Waals surface area contributed by atoms with Crippen molar-refractivity contribution >= 4 is 11.8 Å². The Bertz CT molecular complexity index is 864. The summed E-state index contributed by atoms with van der Waals surface area (Å²) >= 11 is 0. The van der Waals surface area contributed by atoms with Gasteiger partial charge in [0.15, 0.2) is 0 Å². The summed E-state index contributed by atoms with van der Waals surface area (Å²) in [6.07, 6.45) is 1.38. The van der Waals surface area contributed by atoms with Crippen LogP contribution in [0.15, 0.2) is 54.6 Å². The van der Waals surface area contributed by atoms with Crippen molar-refractivity contribution in [2.45, 2.75) is 51.6 Å². The molecule has 0 unspecified atom stereocenters. The number of nitrogens with zero attached hydrogens (tertiary/aromatic N) is 1. The Labute approximate surface area is 185 Å². The molecule has 1 saturated heterocycles. The number of aliphatic hydroxyl groups is 1. The number of piperidine rings is 1. The summed E-state index contributed by atoms with van der Waals surface area (Å²) in [5, 5.41) is 13.4. The first-order valence-corrected chi connectivity index (χ1v) is 11.2. The molecule has 1 atom stereocenters. The van der Waals surface area contributed by atoms with Gasteiger partial charge >= 0.3 is 0 Å². The van der Waals surface area contributed by atoms with Crippen molar-refractivity contribution in [3.05, 3.63) is 71.3 Å². The fourth-order valence-corrected chi connectivity index (χ4v) is 4.05. The molecule has 2 aromatic carbocycles. The highest BCUT2D eigenvalue weighted by Crippen LogP contribution is 2.30. The van der Waals surface area contributed by atoms with Gasteiger partial charge in [-0.2, -0.15) is 0 Å². The standard InChI is InChI=1S/C26H34N2O3/c1-26(2,3)22-11-9-21(10-12-22)25(31)27-16-13-23(29)28-17-14-20(15-18-28)24(30)19-7-5-4-6-8-19/h4-12,20,24,30H,13-18H2,1-3H3,(H,27,31)/t24-/m1/s1. The lowest BCUT2D eigenvalue weighted by Crippen LogP contribution is -2.41. The van der Waals surface area contributed by atoms with Gasteiger partial charge in [0, 0.05) is 31.6 Å². The monoisotopic (exact) mass is 422 g/mol. The van der Waals surface area contributed by atoms with E-state index in [-0.39, 0.29) is 29.6 Å². The number of nitrogens with one attached hydrogen (secondary N) is 1. The average molecular weight is 423 g/mol. The molecule has 1 heterocycles. The van der Waals surface area contributed by atoms with Crippen LogP contribution in [0.1, 0.15) is 67.6 Å². The molecule has 166 valence electrons. The predicted octanol–water partition coefficient (Wildman–Crippen LogP) is 4.08. The van der Waals surface area contributed by atoms with Gasteiger partial charge in [-0.05, 0) is 47.4 Å². The summed E-state index contributed by atoms with van der Waals surface area (Å²) in [6.45, 7) is 8.03. The predicted molar refractivity (Wildman–Crippen MR) is 123 cm³/mol. The van der Waals surface area contributed by atoms with E-state index in [2.05, 4.69) is 26.1 Å². The lowest BCUT2D eigenvalue weighted by molar-refractivity contribution is -0.133. The van der Waals surface area contributed by atoms with E-state index in [1.807, 2.05) is 59.5 Å². The highest BCUT2D eigenvalue weighted by molar-refractivity contribution is 5.94. The van der Waals surface area contributed by atoms with Gasteiger partial charge in [0.05, 0.1) is 6.10 Å². The van der Waals surface area contributed by atoms with Gasteiger partial charge in [0.2, 0.25) is 5.91 Å². The topological polar surface area (TPSA) is 69.6 Å². The third-order valence-corrected chi connectivity index (χ3v) is 6.12. The minimum absolute atomic E-state index is 0.0476. The average Bonchev–Trinajstić information content (AvgIpc) is 2.78. The summed E-state index contributed by atoms with van der Waals surface area (Å²) in [4.78, 5) is 26.7. The number of rotatable bonds is 6. The lowest BCUT2D eigenvalue weighted by Gasteiger charge is -2.34. The molecule has 0 saturated carbocycles. The molecule has 0 aromatic heterocycles. The van der Waals surface area contributed by atoms with E-state index in [1.54, 1.807) is 0 Å². The first-order chi connectivity index (χ1) is 14.8. The van der Waals surface area contributed by atoms with Crippen LogP contribution < -0.4 is 5.32 Å². The minimum atomic E-state index is -0.484. The van der Waals surface area contributed by atoms with Crippen molar-refractivity contribution in [2.24, 2.45) is 5.92 Å². The maximum absolute atomic E-state index is 12.5. The van der Waals surface area contributed by atoms with E-state index in [1.165, 1.54) is 5.56 Å². The van der Waals surface area contributed by atoms with E-state index in [0.717, 1.165) is 18.4 Å². The van der Waals surface area contributed by atoms with Crippen molar-refractivity contribution in [3.8, 4) is 0 Å². The molecular weight excluding hydrogens is 388 g/mol. The SMILES string of the molecule is CC(C)(C)c1ccc(C(=O)NCCC(=O)N2CCC([C@H](O)c3ccccc3)CC2)cc1. The number of benzene rings is 2. The summed E-state index contributed by atoms with van der Waals surface area (Å²) in [6, 6.07) is 17.3. The summed E-state index contributed by atoms with van der Waals surface area (Å²) in [5.74, 6) is 0.0659. The van der Waals surface area contributed by atoms with Crippen molar-refractivity contribution in [2.75, 3.05) is 19.6 Å². The first kappa shape index (κ1) is 23.0. The fraction of sp³-hybridized carbons (Fsp3) is 0.462. The molecule has 1 fully saturated rings. The number of likely N-dealkylation sites (tertiary alicyclic amines) is 1. The van der Waals surface area contributed by atoms with E-state index in [4.69, 9.17) is 0 Å². The summed E-state index contributed by atoms with van der Waals surface area (Å²) in [7, 11) is 0. The Balaban J connectivity index is 1.41. The number of carbonyl (C=O) groups is 2. The second kappa shape index (κ2) is 10.1. The highest BCUT2D eigenvalue weighted by Gasteiger charge is 2.28. The van der Waals surface area contributed by atoms with Crippen LogP contribution in [0.5, 0.6) is 0 Å². The second-order valence-corrected chi connectivity index (χ2v) is 9.41. The fourth-order valence-electron chi connectivity index (χ4n) is 4.05. The first-order valence-electron chi connectivity index (χ1n) is 11.2. The number of aliphatic hydroxyl groups excluding tert-OH is 1. The Morgan fingerprint density at radius 1 is 1.03 bits per heavy atom. The Hall–Kier alpha value is -2.66. The second-order valence-electron chi connectivity index (χ2n) is 9.41. The zero-order valence-electron chi connectivity index (χ0n) is 18.8. The molecule has 31 heavy (non-hydrogen) atoms. The van der Waals surface area contributed by atoms with E-state index in [9.17, 15) is 14.7 Å². The molecule has 0 spiro atoms. The smallest absolute Gasteiger partial charge is 0.251 e.